The Morgan fingerprint density at radius 2 is 2.17 bits per heavy atom. The number of benzene rings is 1. The van der Waals surface area contributed by atoms with Crippen molar-refractivity contribution in [3.05, 3.63) is 50.4 Å². The number of halogens is 2. The summed E-state index contributed by atoms with van der Waals surface area (Å²) in [6.45, 7) is 0.531. The Hall–Kier alpha value is -1.21. The fourth-order valence-corrected chi connectivity index (χ4v) is 2.13. The molecule has 4 nitrogen and oxygen atoms in total. The van der Waals surface area contributed by atoms with E-state index < -0.39 is 5.91 Å². The molecular weight excluding hydrogens is 367 g/mol. The minimum atomic E-state index is -0.545. The van der Waals surface area contributed by atoms with Crippen molar-refractivity contribution >= 4 is 45.8 Å². The molecule has 0 saturated carbocycles. The molecule has 18 heavy (non-hydrogen) atoms. The van der Waals surface area contributed by atoms with Crippen molar-refractivity contribution in [3.8, 4) is 0 Å². The van der Waals surface area contributed by atoms with Gasteiger partial charge < -0.3 is 15.5 Å². The van der Waals surface area contributed by atoms with Crippen molar-refractivity contribution in [2.24, 2.45) is 5.73 Å². The Balaban J connectivity index is 2.10. The lowest BCUT2D eigenvalue weighted by Crippen LogP contribution is -2.12. The number of rotatable bonds is 4. The van der Waals surface area contributed by atoms with Crippen molar-refractivity contribution in [1.82, 2.24) is 0 Å². The number of carbonyl (C=O) groups is 1. The molecule has 0 bridgehead atoms. The van der Waals surface area contributed by atoms with Crippen LogP contribution in [0.2, 0.25) is 5.02 Å². The van der Waals surface area contributed by atoms with E-state index in [1.165, 1.54) is 0 Å². The molecule has 0 fully saturated rings. The molecule has 0 aliphatic carbocycles. The third-order valence-electron chi connectivity index (χ3n) is 2.33. The van der Waals surface area contributed by atoms with Crippen LogP contribution in [0.1, 0.15) is 16.1 Å². The molecule has 1 aromatic carbocycles. The molecule has 1 aromatic heterocycles. The summed E-state index contributed by atoms with van der Waals surface area (Å²) in [5.41, 5.74) is 6.29. The van der Waals surface area contributed by atoms with Crippen LogP contribution in [-0.2, 0) is 6.54 Å². The molecule has 0 unspecified atom stereocenters. The summed E-state index contributed by atoms with van der Waals surface area (Å²) in [4.78, 5) is 11.1. The molecule has 2 aromatic rings. The van der Waals surface area contributed by atoms with E-state index in [2.05, 4.69) is 27.9 Å². The van der Waals surface area contributed by atoms with Crippen LogP contribution in [0.3, 0.4) is 0 Å². The van der Waals surface area contributed by atoms with E-state index >= 15 is 0 Å². The molecule has 0 aliphatic heterocycles. The standard InChI is InChI=1S/C12H10ClIN2O2/c13-10-3-1-7(5-9(10)12(15)17)16-6-8-2-4-11(14)18-8/h1-5,16H,6H2,(H2,15,17). The van der Waals surface area contributed by atoms with Crippen LogP contribution in [0.4, 0.5) is 5.69 Å². The van der Waals surface area contributed by atoms with E-state index in [0.29, 0.717) is 17.1 Å². The third-order valence-corrected chi connectivity index (χ3v) is 3.24. The van der Waals surface area contributed by atoms with Crippen LogP contribution in [0.5, 0.6) is 0 Å². The van der Waals surface area contributed by atoms with E-state index in [-0.39, 0.29) is 0 Å². The fraction of sp³-hybridized carbons (Fsp3) is 0.0833. The second-order valence-corrected chi connectivity index (χ2v) is 5.09. The average Bonchev–Trinajstić information content (AvgIpc) is 2.74. The first-order chi connectivity index (χ1) is 8.56. The van der Waals surface area contributed by atoms with E-state index in [1.54, 1.807) is 18.2 Å². The van der Waals surface area contributed by atoms with Crippen molar-refractivity contribution in [2.45, 2.75) is 6.54 Å². The van der Waals surface area contributed by atoms with Crippen molar-refractivity contribution in [3.63, 3.8) is 0 Å². The Morgan fingerprint density at radius 1 is 1.39 bits per heavy atom. The number of nitrogens with one attached hydrogen (secondary N) is 1. The minimum absolute atomic E-state index is 0.302. The number of amides is 1. The molecule has 2 rings (SSSR count). The fourth-order valence-electron chi connectivity index (χ4n) is 1.46. The molecule has 0 spiro atoms. The summed E-state index contributed by atoms with van der Waals surface area (Å²) in [6, 6.07) is 8.81. The van der Waals surface area contributed by atoms with Gasteiger partial charge >= 0.3 is 0 Å². The molecule has 3 N–H and O–H groups in total. The molecule has 1 heterocycles. The maximum atomic E-state index is 11.1. The normalized spacial score (nSPS) is 10.3. The van der Waals surface area contributed by atoms with Gasteiger partial charge in [-0.25, -0.2) is 0 Å². The predicted molar refractivity (Wildman–Crippen MR) is 78.7 cm³/mol. The predicted octanol–water partition coefficient (Wildman–Crippen LogP) is 3.25. The molecule has 94 valence electrons. The van der Waals surface area contributed by atoms with Gasteiger partial charge in [-0.3, -0.25) is 4.79 Å². The van der Waals surface area contributed by atoms with Crippen molar-refractivity contribution in [1.29, 1.82) is 0 Å². The smallest absolute Gasteiger partial charge is 0.250 e. The monoisotopic (exact) mass is 376 g/mol. The van der Waals surface area contributed by atoms with Gasteiger partial charge in [-0.15, -0.1) is 0 Å². The summed E-state index contributed by atoms with van der Waals surface area (Å²) < 4.78 is 6.24. The van der Waals surface area contributed by atoms with Crippen LogP contribution >= 0.6 is 34.2 Å². The van der Waals surface area contributed by atoms with E-state index in [0.717, 1.165) is 15.2 Å². The zero-order valence-electron chi connectivity index (χ0n) is 9.24. The first-order valence-electron chi connectivity index (χ1n) is 5.13. The number of carbonyl (C=O) groups excluding carboxylic acids is 1. The summed E-state index contributed by atoms with van der Waals surface area (Å²) in [5, 5.41) is 3.48. The van der Waals surface area contributed by atoms with Gasteiger partial charge in [-0.2, -0.15) is 0 Å². The molecule has 0 radical (unpaired) electrons. The van der Waals surface area contributed by atoms with Gasteiger partial charge in [0.25, 0.3) is 0 Å². The number of furan rings is 1. The lowest BCUT2D eigenvalue weighted by molar-refractivity contribution is 0.100. The largest absolute Gasteiger partial charge is 0.454 e. The second-order valence-electron chi connectivity index (χ2n) is 3.62. The third kappa shape index (κ3) is 3.17. The highest BCUT2D eigenvalue weighted by Crippen LogP contribution is 2.21. The lowest BCUT2D eigenvalue weighted by atomic mass is 10.2. The van der Waals surface area contributed by atoms with Crippen molar-refractivity contribution in [2.75, 3.05) is 5.32 Å². The highest BCUT2D eigenvalue weighted by Gasteiger charge is 2.07. The first kappa shape index (κ1) is 13.2. The van der Waals surface area contributed by atoms with Gasteiger partial charge in [0.05, 0.1) is 17.1 Å². The van der Waals surface area contributed by atoms with E-state index in [9.17, 15) is 4.79 Å². The minimum Gasteiger partial charge on any atom is -0.454 e. The Kier molecular flexibility index (Phi) is 4.13. The zero-order chi connectivity index (χ0) is 13.1. The van der Waals surface area contributed by atoms with Crippen molar-refractivity contribution < 1.29 is 9.21 Å². The molecule has 6 heteroatoms. The van der Waals surface area contributed by atoms with E-state index in [1.807, 2.05) is 12.1 Å². The van der Waals surface area contributed by atoms with Gasteiger partial charge in [-0.05, 0) is 52.9 Å². The summed E-state index contributed by atoms with van der Waals surface area (Å²) >= 11 is 7.96. The van der Waals surface area contributed by atoms with Gasteiger partial charge in [0.15, 0.2) is 3.77 Å². The zero-order valence-corrected chi connectivity index (χ0v) is 12.2. The highest BCUT2D eigenvalue weighted by atomic mass is 127. The summed E-state index contributed by atoms with van der Waals surface area (Å²) in [7, 11) is 0. The van der Waals surface area contributed by atoms with Gasteiger partial charge in [-0.1, -0.05) is 11.6 Å². The van der Waals surface area contributed by atoms with Crippen LogP contribution in [0, 0.1) is 3.77 Å². The maximum Gasteiger partial charge on any atom is 0.250 e. The molecular formula is C12H10ClIN2O2. The Labute approximate surface area is 123 Å². The number of anilines is 1. The number of nitrogens with two attached hydrogens (primary N) is 1. The number of hydrogen-bond acceptors (Lipinski definition) is 3. The van der Waals surface area contributed by atoms with Gasteiger partial charge in [0.1, 0.15) is 5.76 Å². The van der Waals surface area contributed by atoms with Crippen LogP contribution in [-0.4, -0.2) is 5.91 Å². The van der Waals surface area contributed by atoms with E-state index in [4.69, 9.17) is 21.8 Å². The van der Waals surface area contributed by atoms with Gasteiger partial charge in [0, 0.05) is 5.69 Å². The Bertz CT molecular complexity index is 583. The maximum absolute atomic E-state index is 11.1. The topological polar surface area (TPSA) is 68.3 Å². The highest BCUT2D eigenvalue weighted by molar-refractivity contribution is 14.1. The quantitative estimate of drug-likeness (QED) is 0.805. The molecule has 1 amide bonds. The molecule has 0 atom stereocenters. The lowest BCUT2D eigenvalue weighted by Gasteiger charge is -2.07. The Morgan fingerprint density at radius 3 is 2.78 bits per heavy atom. The number of hydrogen-bond donors (Lipinski definition) is 2. The summed E-state index contributed by atoms with van der Waals surface area (Å²) in [5.74, 6) is 0.270. The molecule has 0 saturated heterocycles. The summed E-state index contributed by atoms with van der Waals surface area (Å²) in [6.07, 6.45) is 0. The first-order valence-corrected chi connectivity index (χ1v) is 6.59. The van der Waals surface area contributed by atoms with Gasteiger partial charge in [0.2, 0.25) is 5.91 Å². The second kappa shape index (κ2) is 5.62. The van der Waals surface area contributed by atoms with Crippen LogP contribution < -0.4 is 11.1 Å². The van der Waals surface area contributed by atoms with Crippen LogP contribution in [0.15, 0.2) is 34.7 Å². The average molecular weight is 377 g/mol. The molecule has 0 aliphatic rings. The SMILES string of the molecule is NC(=O)c1cc(NCc2ccc(I)o2)ccc1Cl. The van der Waals surface area contributed by atoms with Crippen LogP contribution in [0.25, 0.3) is 0 Å². The number of primary amides is 1.